The number of likely N-dealkylation sites (N-methyl/N-ethyl adjacent to an activating group) is 1. The van der Waals surface area contributed by atoms with Gasteiger partial charge < -0.3 is 11.0 Å². The van der Waals surface area contributed by atoms with Crippen molar-refractivity contribution in [2.75, 3.05) is 7.05 Å². The Hall–Kier alpha value is 0.294. The second-order valence-electron chi connectivity index (χ2n) is 3.26. The zero-order valence-electron chi connectivity index (χ0n) is 7.78. The Morgan fingerprint density at radius 2 is 2.17 bits per heavy atom. The summed E-state index contributed by atoms with van der Waals surface area (Å²) in [7, 11) is 1.97. The van der Waals surface area contributed by atoms with Crippen LogP contribution >= 0.6 is 0 Å². The molecule has 0 spiro atoms. The van der Waals surface area contributed by atoms with Gasteiger partial charge in [-0.25, -0.2) is 6.08 Å². The van der Waals surface area contributed by atoms with E-state index in [1.165, 1.54) is 0 Å². The summed E-state index contributed by atoms with van der Waals surface area (Å²) in [5.74, 6) is 0.537. The Bertz CT molecular complexity index is 205. The average molecular weight is 238 g/mol. The van der Waals surface area contributed by atoms with E-state index >= 15 is 0 Å². The van der Waals surface area contributed by atoms with Gasteiger partial charge >= 0.3 is 32.7 Å². The molecule has 1 aliphatic rings. The van der Waals surface area contributed by atoms with Crippen LogP contribution in [0.3, 0.4) is 0 Å². The molecule has 0 bridgehead atoms. The smallest absolute Gasteiger partial charge is 0.480 e. The summed E-state index contributed by atoms with van der Waals surface area (Å²) in [6, 6.07) is 2.46. The number of nitriles is 1. The molecule has 0 saturated heterocycles. The molecular formula is C9H13N2Y+2. The third-order valence-electron chi connectivity index (χ3n) is 2.07. The standard InChI is InChI=1S/C9H13N2.Y/c1-7(2)9-5-4-8(6-10)11(9)3;/h4,7-9H,1-3H3;/q-1;+3. The summed E-state index contributed by atoms with van der Waals surface area (Å²) in [6.45, 7) is 4.28. The van der Waals surface area contributed by atoms with Crippen LogP contribution in [0.2, 0.25) is 0 Å². The summed E-state index contributed by atoms with van der Waals surface area (Å²) in [6.07, 6.45) is 5.04. The van der Waals surface area contributed by atoms with Crippen LogP contribution in [0.1, 0.15) is 13.8 Å². The SMILES string of the molecule is CC(C)C1[C-]=CC(C#N)N1C.[Y+3]. The molecule has 1 heterocycles. The van der Waals surface area contributed by atoms with Gasteiger partial charge in [0.25, 0.3) is 0 Å². The summed E-state index contributed by atoms with van der Waals surface area (Å²) < 4.78 is 0. The van der Waals surface area contributed by atoms with E-state index in [1.54, 1.807) is 0 Å². The first-order chi connectivity index (χ1) is 5.16. The van der Waals surface area contributed by atoms with Gasteiger partial charge in [0.1, 0.15) is 0 Å². The molecular weight excluding hydrogens is 225 g/mol. The second kappa shape index (κ2) is 5.12. The van der Waals surface area contributed by atoms with Gasteiger partial charge in [-0.3, -0.25) is 0 Å². The molecule has 0 saturated carbocycles. The van der Waals surface area contributed by atoms with Gasteiger partial charge in [-0.1, -0.05) is 19.8 Å². The number of hydrogen-bond acceptors (Lipinski definition) is 2. The molecule has 0 aromatic rings. The Morgan fingerprint density at radius 3 is 2.42 bits per heavy atom. The van der Waals surface area contributed by atoms with Gasteiger partial charge in [0, 0.05) is 0 Å². The van der Waals surface area contributed by atoms with Crippen molar-refractivity contribution < 1.29 is 32.7 Å². The Morgan fingerprint density at radius 1 is 1.58 bits per heavy atom. The molecule has 2 atom stereocenters. The maximum Gasteiger partial charge on any atom is 3.00 e. The van der Waals surface area contributed by atoms with E-state index in [1.807, 2.05) is 18.0 Å². The summed E-state index contributed by atoms with van der Waals surface area (Å²) in [5.41, 5.74) is 0. The molecule has 1 rings (SSSR count). The van der Waals surface area contributed by atoms with Crippen molar-refractivity contribution in [3.05, 3.63) is 12.2 Å². The number of rotatable bonds is 1. The first kappa shape index (κ1) is 12.3. The zero-order chi connectivity index (χ0) is 8.43. The molecule has 0 N–H and O–H groups in total. The second-order valence-corrected chi connectivity index (χ2v) is 3.26. The molecule has 0 amide bonds. The fourth-order valence-corrected chi connectivity index (χ4v) is 1.39. The van der Waals surface area contributed by atoms with Gasteiger partial charge in [-0.05, 0) is 7.05 Å². The van der Waals surface area contributed by atoms with E-state index in [0.717, 1.165) is 0 Å². The monoisotopic (exact) mass is 238 g/mol. The minimum Gasteiger partial charge on any atom is -0.480 e. The number of nitrogens with zero attached hydrogens (tertiary/aromatic N) is 2. The van der Waals surface area contributed by atoms with Crippen molar-refractivity contribution in [3.8, 4) is 6.07 Å². The van der Waals surface area contributed by atoms with E-state index in [2.05, 4.69) is 26.0 Å². The van der Waals surface area contributed by atoms with Gasteiger partial charge in [-0.15, -0.1) is 6.04 Å². The molecule has 2 unspecified atom stereocenters. The molecule has 2 nitrogen and oxygen atoms in total. The predicted molar refractivity (Wildman–Crippen MR) is 43.6 cm³/mol. The van der Waals surface area contributed by atoms with E-state index in [4.69, 9.17) is 5.26 Å². The molecule has 0 aliphatic carbocycles. The molecule has 0 radical (unpaired) electrons. The molecule has 0 aromatic carbocycles. The normalized spacial score (nSPS) is 28.6. The van der Waals surface area contributed by atoms with Crippen LogP contribution in [0.15, 0.2) is 6.08 Å². The molecule has 3 heteroatoms. The van der Waals surface area contributed by atoms with Crippen LogP contribution in [0, 0.1) is 23.3 Å². The fourth-order valence-electron chi connectivity index (χ4n) is 1.39. The molecule has 1 aliphatic heterocycles. The van der Waals surface area contributed by atoms with Crippen LogP contribution in [0.5, 0.6) is 0 Å². The van der Waals surface area contributed by atoms with Crippen molar-refractivity contribution >= 4 is 0 Å². The molecule has 0 aromatic heterocycles. The third-order valence-corrected chi connectivity index (χ3v) is 2.07. The van der Waals surface area contributed by atoms with Crippen molar-refractivity contribution in [1.82, 2.24) is 4.90 Å². The maximum atomic E-state index is 8.67. The van der Waals surface area contributed by atoms with Crippen LogP contribution in [0.4, 0.5) is 0 Å². The van der Waals surface area contributed by atoms with Crippen LogP contribution < -0.4 is 0 Å². The quantitative estimate of drug-likeness (QED) is 0.642. The third kappa shape index (κ3) is 2.39. The van der Waals surface area contributed by atoms with E-state index < -0.39 is 0 Å². The zero-order valence-corrected chi connectivity index (χ0v) is 10.6. The van der Waals surface area contributed by atoms with Gasteiger partial charge in [-0.2, -0.15) is 5.26 Å². The van der Waals surface area contributed by atoms with Crippen molar-refractivity contribution in [3.63, 3.8) is 0 Å². The van der Waals surface area contributed by atoms with E-state index in [0.29, 0.717) is 12.0 Å². The van der Waals surface area contributed by atoms with Crippen LogP contribution in [-0.4, -0.2) is 24.0 Å². The van der Waals surface area contributed by atoms with Gasteiger partial charge in [0.2, 0.25) is 0 Å². The first-order valence-corrected chi connectivity index (χ1v) is 3.87. The largest absolute Gasteiger partial charge is 3.00 e. The molecule has 0 fully saturated rings. The van der Waals surface area contributed by atoms with E-state index in [-0.39, 0.29) is 38.8 Å². The Labute approximate surface area is 99.5 Å². The van der Waals surface area contributed by atoms with Crippen LogP contribution in [0.25, 0.3) is 0 Å². The fraction of sp³-hybridized carbons (Fsp3) is 0.667. The van der Waals surface area contributed by atoms with Gasteiger partial charge in [0.15, 0.2) is 0 Å². The first-order valence-electron chi connectivity index (χ1n) is 3.87. The van der Waals surface area contributed by atoms with Gasteiger partial charge in [0.05, 0.1) is 12.1 Å². The predicted octanol–water partition coefficient (Wildman–Crippen LogP) is 1.21. The summed E-state index contributed by atoms with van der Waals surface area (Å²) in [4.78, 5) is 2.05. The van der Waals surface area contributed by atoms with Crippen molar-refractivity contribution in [2.45, 2.75) is 25.9 Å². The number of hydrogen-bond donors (Lipinski definition) is 0. The molecule has 60 valence electrons. The Balaban J connectivity index is 0.00000121. The van der Waals surface area contributed by atoms with Crippen molar-refractivity contribution in [2.24, 2.45) is 5.92 Å². The van der Waals surface area contributed by atoms with Crippen LogP contribution in [-0.2, 0) is 32.7 Å². The van der Waals surface area contributed by atoms with Crippen molar-refractivity contribution in [1.29, 1.82) is 5.26 Å². The minimum atomic E-state index is -0.0672. The Kier molecular flexibility index (Phi) is 5.24. The van der Waals surface area contributed by atoms with E-state index in [9.17, 15) is 0 Å². The summed E-state index contributed by atoms with van der Waals surface area (Å²) in [5, 5.41) is 8.67. The minimum absolute atomic E-state index is 0. The topological polar surface area (TPSA) is 27.0 Å². The average Bonchev–Trinajstić information content (AvgIpc) is 2.30. The maximum absolute atomic E-state index is 8.67. The summed E-state index contributed by atoms with van der Waals surface area (Å²) >= 11 is 0. The molecule has 12 heavy (non-hydrogen) atoms.